The summed E-state index contributed by atoms with van der Waals surface area (Å²) in [5.74, 6) is 0.593. The predicted molar refractivity (Wildman–Crippen MR) is 73.4 cm³/mol. The first-order chi connectivity index (χ1) is 8.86. The van der Waals surface area contributed by atoms with E-state index in [0.29, 0.717) is 24.4 Å². The number of carbonyl (C=O) groups is 1. The molecule has 1 aromatic carbocycles. The van der Waals surface area contributed by atoms with Crippen molar-refractivity contribution in [2.24, 2.45) is 5.92 Å². The van der Waals surface area contributed by atoms with Crippen LogP contribution in [0.3, 0.4) is 0 Å². The zero-order valence-electron chi connectivity index (χ0n) is 11.9. The van der Waals surface area contributed by atoms with E-state index in [1.807, 2.05) is 26.0 Å². The van der Waals surface area contributed by atoms with Gasteiger partial charge in [0.1, 0.15) is 5.75 Å². The van der Waals surface area contributed by atoms with Crippen molar-refractivity contribution >= 4 is 5.91 Å². The molecule has 2 rings (SSSR count). The van der Waals surface area contributed by atoms with E-state index in [9.17, 15) is 9.90 Å². The second-order valence-electron chi connectivity index (χ2n) is 5.60. The number of likely N-dealkylation sites (tertiary alicyclic amines) is 1. The Labute approximate surface area is 114 Å². The molecular weight excluding hydrogens is 242 g/mol. The molecule has 19 heavy (non-hydrogen) atoms. The fourth-order valence-electron chi connectivity index (χ4n) is 2.53. The summed E-state index contributed by atoms with van der Waals surface area (Å²) in [6.07, 6.45) is 0. The standard InChI is InChI=1S/C15H21NO3/c1-10-6-5-7-12(19-4)13(10)14(17)16-8-11(2)15(3,18)9-16/h5-7,11,18H,8-9H2,1-4H3/t11-,15+/m1/s1. The number of aryl methyl sites for hydroxylation is 1. The van der Waals surface area contributed by atoms with E-state index in [4.69, 9.17) is 4.74 Å². The van der Waals surface area contributed by atoms with Gasteiger partial charge >= 0.3 is 0 Å². The number of nitrogens with zero attached hydrogens (tertiary/aromatic N) is 1. The first-order valence-electron chi connectivity index (χ1n) is 6.52. The highest BCUT2D eigenvalue weighted by molar-refractivity contribution is 5.98. The van der Waals surface area contributed by atoms with E-state index < -0.39 is 5.60 Å². The van der Waals surface area contributed by atoms with Crippen LogP contribution in [0.25, 0.3) is 0 Å². The van der Waals surface area contributed by atoms with Gasteiger partial charge in [-0.3, -0.25) is 4.79 Å². The number of ether oxygens (including phenoxy) is 1. The summed E-state index contributed by atoms with van der Waals surface area (Å²) >= 11 is 0. The third kappa shape index (κ3) is 2.45. The molecule has 0 unspecified atom stereocenters. The van der Waals surface area contributed by atoms with Crippen LogP contribution in [0.4, 0.5) is 0 Å². The largest absolute Gasteiger partial charge is 0.496 e. The Morgan fingerprint density at radius 2 is 2.21 bits per heavy atom. The van der Waals surface area contributed by atoms with Crippen LogP contribution in [-0.4, -0.2) is 41.7 Å². The van der Waals surface area contributed by atoms with Gasteiger partial charge < -0.3 is 14.7 Å². The summed E-state index contributed by atoms with van der Waals surface area (Å²) in [6, 6.07) is 5.55. The SMILES string of the molecule is COc1cccc(C)c1C(=O)N1C[C@@H](C)[C@@](C)(O)C1. The van der Waals surface area contributed by atoms with Crippen LogP contribution >= 0.6 is 0 Å². The molecule has 1 N–H and O–H groups in total. The molecule has 2 atom stereocenters. The van der Waals surface area contributed by atoms with Crippen LogP contribution in [0.5, 0.6) is 5.75 Å². The lowest BCUT2D eigenvalue weighted by Gasteiger charge is -2.21. The van der Waals surface area contributed by atoms with E-state index in [1.54, 1.807) is 25.0 Å². The molecule has 1 saturated heterocycles. The van der Waals surface area contributed by atoms with Crippen LogP contribution in [-0.2, 0) is 0 Å². The molecule has 1 aromatic rings. The molecule has 0 spiro atoms. The fraction of sp³-hybridized carbons (Fsp3) is 0.533. The van der Waals surface area contributed by atoms with E-state index in [-0.39, 0.29) is 11.8 Å². The molecular formula is C15H21NO3. The smallest absolute Gasteiger partial charge is 0.257 e. The topological polar surface area (TPSA) is 49.8 Å². The summed E-state index contributed by atoms with van der Waals surface area (Å²) in [4.78, 5) is 14.3. The molecule has 0 aliphatic carbocycles. The quantitative estimate of drug-likeness (QED) is 0.886. The minimum Gasteiger partial charge on any atom is -0.496 e. The number of carbonyl (C=O) groups excluding carboxylic acids is 1. The maximum Gasteiger partial charge on any atom is 0.257 e. The highest BCUT2D eigenvalue weighted by atomic mass is 16.5. The third-order valence-electron chi connectivity index (χ3n) is 4.02. The zero-order valence-corrected chi connectivity index (χ0v) is 11.9. The van der Waals surface area contributed by atoms with Gasteiger partial charge in [-0.2, -0.15) is 0 Å². The lowest BCUT2D eigenvalue weighted by atomic mass is 9.95. The molecule has 4 heteroatoms. The van der Waals surface area contributed by atoms with Gasteiger partial charge in [-0.15, -0.1) is 0 Å². The molecule has 1 amide bonds. The number of benzene rings is 1. The van der Waals surface area contributed by atoms with Gasteiger partial charge in [-0.25, -0.2) is 0 Å². The fourth-order valence-corrected chi connectivity index (χ4v) is 2.53. The van der Waals surface area contributed by atoms with Crippen molar-refractivity contribution in [2.45, 2.75) is 26.4 Å². The third-order valence-corrected chi connectivity index (χ3v) is 4.02. The lowest BCUT2D eigenvalue weighted by Crippen LogP contribution is -2.35. The van der Waals surface area contributed by atoms with Crippen molar-refractivity contribution < 1.29 is 14.6 Å². The number of hydrogen-bond acceptors (Lipinski definition) is 3. The van der Waals surface area contributed by atoms with Crippen LogP contribution in [0.1, 0.15) is 29.8 Å². The van der Waals surface area contributed by atoms with Crippen molar-refractivity contribution in [3.05, 3.63) is 29.3 Å². The number of methoxy groups -OCH3 is 1. The summed E-state index contributed by atoms with van der Waals surface area (Å²) in [6.45, 7) is 6.57. The van der Waals surface area contributed by atoms with Gasteiger partial charge in [0.15, 0.2) is 0 Å². The van der Waals surface area contributed by atoms with E-state index >= 15 is 0 Å². The molecule has 0 radical (unpaired) electrons. The van der Waals surface area contributed by atoms with E-state index in [0.717, 1.165) is 5.56 Å². The molecule has 1 aliphatic rings. The normalized spacial score (nSPS) is 26.6. The van der Waals surface area contributed by atoms with Gasteiger partial charge in [-0.05, 0) is 25.5 Å². The molecule has 1 fully saturated rings. The van der Waals surface area contributed by atoms with Crippen LogP contribution in [0.2, 0.25) is 0 Å². The maximum atomic E-state index is 12.6. The molecule has 0 saturated carbocycles. The lowest BCUT2D eigenvalue weighted by molar-refractivity contribution is 0.0350. The Kier molecular flexibility index (Phi) is 3.54. The summed E-state index contributed by atoms with van der Waals surface area (Å²) in [5, 5.41) is 10.2. The van der Waals surface area contributed by atoms with E-state index in [1.165, 1.54) is 0 Å². The van der Waals surface area contributed by atoms with Crippen LogP contribution < -0.4 is 4.74 Å². The zero-order chi connectivity index (χ0) is 14.2. The molecule has 0 bridgehead atoms. The second kappa shape index (κ2) is 4.85. The number of aliphatic hydroxyl groups is 1. The molecule has 104 valence electrons. The monoisotopic (exact) mass is 263 g/mol. The highest BCUT2D eigenvalue weighted by Gasteiger charge is 2.41. The average molecular weight is 263 g/mol. The van der Waals surface area contributed by atoms with Gasteiger partial charge in [0.25, 0.3) is 5.91 Å². The average Bonchev–Trinajstić information content (AvgIpc) is 2.62. The molecule has 1 heterocycles. The van der Waals surface area contributed by atoms with Gasteiger partial charge in [0, 0.05) is 19.0 Å². The number of rotatable bonds is 2. The van der Waals surface area contributed by atoms with Crippen LogP contribution in [0.15, 0.2) is 18.2 Å². The van der Waals surface area contributed by atoms with Gasteiger partial charge in [0.2, 0.25) is 0 Å². The van der Waals surface area contributed by atoms with Gasteiger partial charge in [-0.1, -0.05) is 19.1 Å². The van der Waals surface area contributed by atoms with Crippen molar-refractivity contribution in [2.75, 3.05) is 20.2 Å². The Balaban J connectivity index is 2.31. The Hall–Kier alpha value is -1.55. The second-order valence-corrected chi connectivity index (χ2v) is 5.60. The summed E-state index contributed by atoms with van der Waals surface area (Å²) in [5.41, 5.74) is 0.671. The van der Waals surface area contributed by atoms with Crippen molar-refractivity contribution in [3.63, 3.8) is 0 Å². The Bertz CT molecular complexity index is 496. The Morgan fingerprint density at radius 3 is 2.74 bits per heavy atom. The van der Waals surface area contributed by atoms with Gasteiger partial charge in [0.05, 0.1) is 18.3 Å². The van der Waals surface area contributed by atoms with Crippen molar-refractivity contribution in [3.8, 4) is 5.75 Å². The van der Waals surface area contributed by atoms with E-state index in [2.05, 4.69) is 0 Å². The number of β-amino-alcohol motifs (C(OH)–C–C–N with tert-alkyl or cyclic N) is 1. The van der Waals surface area contributed by atoms with Crippen molar-refractivity contribution in [1.29, 1.82) is 0 Å². The summed E-state index contributed by atoms with van der Waals surface area (Å²) < 4.78 is 5.28. The van der Waals surface area contributed by atoms with Crippen LogP contribution in [0, 0.1) is 12.8 Å². The number of hydrogen-bond donors (Lipinski definition) is 1. The summed E-state index contributed by atoms with van der Waals surface area (Å²) in [7, 11) is 1.56. The number of amides is 1. The molecule has 0 aromatic heterocycles. The highest BCUT2D eigenvalue weighted by Crippen LogP contribution is 2.30. The molecule has 4 nitrogen and oxygen atoms in total. The van der Waals surface area contributed by atoms with Crippen molar-refractivity contribution in [1.82, 2.24) is 4.90 Å². The predicted octanol–water partition coefficient (Wildman–Crippen LogP) is 1.85. The first kappa shape index (κ1) is 13.9. The first-order valence-corrected chi connectivity index (χ1v) is 6.52. The Morgan fingerprint density at radius 1 is 1.53 bits per heavy atom. The minimum atomic E-state index is -0.814. The minimum absolute atomic E-state index is 0.0698. The maximum absolute atomic E-state index is 12.6. The molecule has 1 aliphatic heterocycles.